The first-order valence-electron chi connectivity index (χ1n) is 6.01. The van der Waals surface area contributed by atoms with Gasteiger partial charge >= 0.3 is 5.97 Å². The second-order valence-electron chi connectivity index (χ2n) is 4.53. The fourth-order valence-electron chi connectivity index (χ4n) is 2.33. The van der Waals surface area contributed by atoms with E-state index < -0.39 is 24.0 Å². The first-order chi connectivity index (χ1) is 8.93. The Morgan fingerprint density at radius 3 is 2.79 bits per heavy atom. The lowest BCUT2D eigenvalue weighted by Gasteiger charge is -2.21. The Morgan fingerprint density at radius 2 is 2.21 bits per heavy atom. The van der Waals surface area contributed by atoms with Crippen molar-refractivity contribution in [3.63, 3.8) is 0 Å². The molecule has 0 aliphatic carbocycles. The van der Waals surface area contributed by atoms with Crippen molar-refractivity contribution in [1.82, 2.24) is 9.47 Å². The molecular weight excluding hydrogens is 272 g/mol. The van der Waals surface area contributed by atoms with Crippen LogP contribution in [0.1, 0.15) is 23.8 Å². The molecule has 19 heavy (non-hydrogen) atoms. The number of carboxylic acids is 1. The van der Waals surface area contributed by atoms with Gasteiger partial charge in [0.05, 0.1) is 11.1 Å². The smallest absolute Gasteiger partial charge is 0.326 e. The Bertz CT molecular complexity index is 514. The van der Waals surface area contributed by atoms with E-state index in [1.54, 1.807) is 10.8 Å². The van der Waals surface area contributed by atoms with Crippen molar-refractivity contribution in [1.29, 1.82) is 0 Å². The van der Waals surface area contributed by atoms with Crippen molar-refractivity contribution in [2.75, 3.05) is 6.54 Å². The number of halogens is 1. The van der Waals surface area contributed by atoms with Gasteiger partial charge in [0.15, 0.2) is 0 Å². The number of carbonyl (C=O) groups excluding carboxylic acids is 1. The van der Waals surface area contributed by atoms with Gasteiger partial charge in [0.2, 0.25) is 0 Å². The first kappa shape index (κ1) is 13.9. The molecule has 7 heteroatoms. The van der Waals surface area contributed by atoms with Crippen LogP contribution in [0.2, 0.25) is 5.02 Å². The number of aliphatic hydroxyl groups is 1. The van der Waals surface area contributed by atoms with Gasteiger partial charge in [-0.3, -0.25) is 4.79 Å². The molecule has 2 heterocycles. The molecule has 2 atom stereocenters. The Morgan fingerprint density at radius 1 is 1.53 bits per heavy atom. The van der Waals surface area contributed by atoms with Crippen molar-refractivity contribution < 1.29 is 19.8 Å². The van der Waals surface area contributed by atoms with Crippen LogP contribution < -0.4 is 0 Å². The molecule has 0 aromatic carbocycles. The number of hydrogen-bond acceptors (Lipinski definition) is 3. The summed E-state index contributed by atoms with van der Waals surface area (Å²) in [5.41, 5.74) is 0.341. The highest BCUT2D eigenvalue weighted by Crippen LogP contribution is 2.23. The number of likely N-dealkylation sites (tertiary alicyclic amines) is 1. The summed E-state index contributed by atoms with van der Waals surface area (Å²) >= 11 is 5.87. The number of amides is 1. The highest BCUT2D eigenvalue weighted by Gasteiger charge is 2.39. The van der Waals surface area contributed by atoms with E-state index in [2.05, 4.69) is 0 Å². The lowest BCUT2D eigenvalue weighted by atomic mass is 10.2. The van der Waals surface area contributed by atoms with Crippen molar-refractivity contribution in [3.05, 3.63) is 23.0 Å². The molecule has 0 radical (unpaired) electrons. The standard InChI is InChI=1S/C12H15ClN2O4/c1-2-14-5-7(13)3-9(14)11(17)15-6-8(16)4-10(15)12(18)19/h3,5,8,10,16H,2,4,6H2,1H3,(H,18,19). The van der Waals surface area contributed by atoms with Crippen molar-refractivity contribution in [2.24, 2.45) is 0 Å². The van der Waals surface area contributed by atoms with Gasteiger partial charge in [-0.1, -0.05) is 11.6 Å². The quantitative estimate of drug-likeness (QED) is 0.862. The van der Waals surface area contributed by atoms with Crippen LogP contribution in [-0.4, -0.2) is 50.2 Å². The third kappa shape index (κ3) is 2.59. The molecule has 6 nitrogen and oxygen atoms in total. The molecule has 2 N–H and O–H groups in total. The zero-order valence-corrected chi connectivity index (χ0v) is 11.2. The summed E-state index contributed by atoms with van der Waals surface area (Å²) in [6, 6.07) is 0.526. The number of carbonyl (C=O) groups is 2. The highest BCUT2D eigenvalue weighted by molar-refractivity contribution is 6.31. The number of hydrogen-bond donors (Lipinski definition) is 2. The number of aliphatic carboxylic acids is 1. The van der Waals surface area contributed by atoms with E-state index in [4.69, 9.17) is 16.7 Å². The summed E-state index contributed by atoms with van der Waals surface area (Å²) in [5.74, 6) is -1.52. The van der Waals surface area contributed by atoms with Gasteiger partial charge in [0.1, 0.15) is 11.7 Å². The molecule has 1 aromatic rings. The Kier molecular flexibility index (Phi) is 3.82. The van der Waals surface area contributed by atoms with Gasteiger partial charge in [-0.25, -0.2) is 4.79 Å². The molecule has 1 aliphatic heterocycles. The maximum absolute atomic E-state index is 12.4. The molecule has 1 saturated heterocycles. The molecule has 104 valence electrons. The molecule has 0 spiro atoms. The Labute approximate surface area is 115 Å². The van der Waals surface area contributed by atoms with Crippen LogP contribution in [0.4, 0.5) is 0 Å². The summed E-state index contributed by atoms with van der Waals surface area (Å²) in [7, 11) is 0. The molecule has 1 amide bonds. The van der Waals surface area contributed by atoms with Crippen molar-refractivity contribution in [2.45, 2.75) is 32.0 Å². The molecule has 0 saturated carbocycles. The summed E-state index contributed by atoms with van der Waals surface area (Å²) < 4.78 is 1.66. The van der Waals surface area contributed by atoms with Crippen LogP contribution in [0.25, 0.3) is 0 Å². The van der Waals surface area contributed by atoms with Gasteiger partial charge < -0.3 is 19.7 Å². The number of carboxylic acid groups (broad SMARTS) is 1. The van der Waals surface area contributed by atoms with Crippen molar-refractivity contribution in [3.8, 4) is 0 Å². The minimum atomic E-state index is -1.11. The maximum atomic E-state index is 12.4. The van der Waals surface area contributed by atoms with Crippen LogP contribution >= 0.6 is 11.6 Å². The van der Waals surface area contributed by atoms with Gasteiger partial charge in [0.25, 0.3) is 5.91 Å². The third-order valence-electron chi connectivity index (χ3n) is 3.25. The minimum absolute atomic E-state index is 0.0301. The lowest BCUT2D eigenvalue weighted by Crippen LogP contribution is -2.41. The summed E-state index contributed by atoms with van der Waals surface area (Å²) in [6.45, 7) is 2.45. The summed E-state index contributed by atoms with van der Waals surface area (Å²) in [5, 5.41) is 19.1. The van der Waals surface area contributed by atoms with Crippen molar-refractivity contribution >= 4 is 23.5 Å². The summed E-state index contributed by atoms with van der Waals surface area (Å²) in [6.07, 6.45) is 0.879. The Balaban J connectivity index is 2.30. The maximum Gasteiger partial charge on any atom is 0.326 e. The number of nitrogens with zero attached hydrogens (tertiary/aromatic N) is 2. The lowest BCUT2D eigenvalue weighted by molar-refractivity contribution is -0.141. The average Bonchev–Trinajstić information content (AvgIpc) is 2.91. The second kappa shape index (κ2) is 5.22. The summed E-state index contributed by atoms with van der Waals surface area (Å²) in [4.78, 5) is 24.7. The van der Waals surface area contributed by atoms with Crippen LogP contribution in [0.3, 0.4) is 0 Å². The van der Waals surface area contributed by atoms with Gasteiger partial charge in [0, 0.05) is 25.7 Å². The first-order valence-corrected chi connectivity index (χ1v) is 6.39. The molecular formula is C12H15ClN2O4. The molecule has 1 aromatic heterocycles. The monoisotopic (exact) mass is 286 g/mol. The van der Waals surface area contributed by atoms with Crippen LogP contribution in [-0.2, 0) is 11.3 Å². The second-order valence-corrected chi connectivity index (χ2v) is 4.97. The van der Waals surface area contributed by atoms with Gasteiger partial charge in [-0.05, 0) is 13.0 Å². The van der Waals surface area contributed by atoms with Crippen LogP contribution in [0.15, 0.2) is 12.3 Å². The number of β-amino-alcohol motifs (C(OH)–C–C–N with tert-alkyl or cyclic N) is 1. The topological polar surface area (TPSA) is 82.8 Å². The zero-order chi connectivity index (χ0) is 14.2. The van der Waals surface area contributed by atoms with E-state index >= 15 is 0 Å². The van der Waals surface area contributed by atoms with E-state index in [1.807, 2.05) is 6.92 Å². The van der Waals surface area contributed by atoms with E-state index in [9.17, 15) is 14.7 Å². The molecule has 1 fully saturated rings. The largest absolute Gasteiger partial charge is 0.480 e. The minimum Gasteiger partial charge on any atom is -0.480 e. The predicted molar refractivity (Wildman–Crippen MR) is 68.2 cm³/mol. The molecule has 0 bridgehead atoms. The predicted octanol–water partition coefficient (Wildman–Crippen LogP) is 0.821. The van der Waals surface area contributed by atoms with E-state index in [0.717, 1.165) is 0 Å². The SMILES string of the molecule is CCn1cc(Cl)cc1C(=O)N1CC(O)CC1C(=O)O. The number of rotatable bonds is 3. The molecule has 2 unspecified atom stereocenters. The Hall–Kier alpha value is -1.53. The fraction of sp³-hybridized carbons (Fsp3) is 0.500. The average molecular weight is 287 g/mol. The fourth-order valence-corrected chi connectivity index (χ4v) is 2.56. The van der Waals surface area contributed by atoms with Crippen LogP contribution in [0.5, 0.6) is 0 Å². The molecule has 2 rings (SSSR count). The highest BCUT2D eigenvalue weighted by atomic mass is 35.5. The van der Waals surface area contributed by atoms with Crippen LogP contribution in [0, 0.1) is 0 Å². The van der Waals surface area contributed by atoms with E-state index in [0.29, 0.717) is 17.3 Å². The van der Waals surface area contributed by atoms with Gasteiger partial charge in [-0.15, -0.1) is 0 Å². The normalized spacial score (nSPS) is 22.8. The van der Waals surface area contributed by atoms with E-state index in [1.165, 1.54) is 11.0 Å². The molecule has 1 aliphatic rings. The van der Waals surface area contributed by atoms with Gasteiger partial charge in [-0.2, -0.15) is 0 Å². The van der Waals surface area contributed by atoms with E-state index in [-0.39, 0.29) is 13.0 Å². The number of aromatic nitrogens is 1. The number of aliphatic hydroxyl groups excluding tert-OH is 1. The third-order valence-corrected chi connectivity index (χ3v) is 3.45. The zero-order valence-electron chi connectivity index (χ0n) is 10.4. The number of aryl methyl sites for hydroxylation is 1.